The number of carbonyl (C=O) groups is 2. The van der Waals surface area contributed by atoms with Crippen LogP contribution in [0.25, 0.3) is 22.2 Å². The first-order chi connectivity index (χ1) is 21.2. The third-order valence-electron chi connectivity index (χ3n) is 8.66. The van der Waals surface area contributed by atoms with E-state index in [2.05, 4.69) is 15.3 Å². The summed E-state index contributed by atoms with van der Waals surface area (Å²) in [6, 6.07) is 9.68. The summed E-state index contributed by atoms with van der Waals surface area (Å²) in [5.74, 6) is -1.48. The maximum atomic E-state index is 16.2. The third-order valence-corrected chi connectivity index (χ3v) is 9.35. The van der Waals surface area contributed by atoms with Crippen molar-refractivity contribution in [1.82, 2.24) is 15.3 Å². The predicted molar refractivity (Wildman–Crippen MR) is 164 cm³/mol. The summed E-state index contributed by atoms with van der Waals surface area (Å²) in [5.41, 5.74) is 1.48. The lowest BCUT2D eigenvalue weighted by atomic mass is 9.80. The van der Waals surface area contributed by atoms with Crippen LogP contribution in [0.4, 0.5) is 8.78 Å². The van der Waals surface area contributed by atoms with Crippen LogP contribution in [-0.2, 0) is 15.8 Å². The van der Waals surface area contributed by atoms with Crippen molar-refractivity contribution in [1.29, 1.82) is 0 Å². The molecule has 1 unspecified atom stereocenters. The molecular formula is C32H28Cl2F2N4O5. The van der Waals surface area contributed by atoms with Crippen LogP contribution in [0.5, 0.6) is 11.5 Å². The molecule has 6 rings (SSSR count). The van der Waals surface area contributed by atoms with Gasteiger partial charge in [0.15, 0.2) is 5.60 Å². The van der Waals surface area contributed by atoms with Gasteiger partial charge in [-0.2, -0.15) is 0 Å². The zero-order valence-electron chi connectivity index (χ0n) is 24.4. The van der Waals surface area contributed by atoms with Gasteiger partial charge in [0.1, 0.15) is 46.2 Å². The molecule has 0 saturated heterocycles. The smallest absolute Gasteiger partial charge is 0.251 e. The van der Waals surface area contributed by atoms with Gasteiger partial charge in [-0.1, -0.05) is 23.2 Å². The molecule has 2 amide bonds. The third kappa shape index (κ3) is 5.03. The highest BCUT2D eigenvalue weighted by Gasteiger charge is 2.62. The molecule has 234 valence electrons. The van der Waals surface area contributed by atoms with Gasteiger partial charge in [-0.05, 0) is 69.2 Å². The number of primary amides is 1. The van der Waals surface area contributed by atoms with Gasteiger partial charge in [-0.3, -0.25) is 9.59 Å². The Balaban J connectivity index is 1.43. The second-order valence-electron chi connectivity index (χ2n) is 11.7. The summed E-state index contributed by atoms with van der Waals surface area (Å²) in [6.07, 6.45) is -0.0244. The van der Waals surface area contributed by atoms with E-state index in [-0.39, 0.29) is 58.3 Å². The van der Waals surface area contributed by atoms with Crippen LogP contribution in [0, 0.1) is 12.7 Å². The van der Waals surface area contributed by atoms with Gasteiger partial charge in [0.25, 0.3) is 5.91 Å². The van der Waals surface area contributed by atoms with E-state index in [1.54, 1.807) is 26.0 Å². The summed E-state index contributed by atoms with van der Waals surface area (Å²) in [7, 11) is 1.44. The van der Waals surface area contributed by atoms with Crippen molar-refractivity contribution in [2.75, 3.05) is 20.3 Å². The molecule has 0 bridgehead atoms. The highest BCUT2D eigenvalue weighted by Crippen LogP contribution is 2.55. The molecule has 9 nitrogen and oxygen atoms in total. The number of halogens is 4. The first kappa shape index (κ1) is 30.9. The number of alkyl halides is 1. The molecule has 13 heteroatoms. The number of aryl methyl sites for hydroxylation is 1. The standard InChI is InChI=1S/C32H28Cl2F2N4O5/c1-15-21(33)9-16-8-17(10-23(44-3)25(16)39-15)28(41)38-13-32(43,31(36)6-7-31)24-12-20-27(45-14-30(20,2)29(37)42)26(40-24)19-5-4-18(35)11-22(19)34/h4-5,8-12,43H,6-7,13-14H2,1-3H3,(H2,37,42)(H,38,41)/t30-,32?/m0/s1. The molecule has 0 radical (unpaired) electrons. The number of nitrogens with two attached hydrogens (primary N) is 1. The zero-order valence-corrected chi connectivity index (χ0v) is 25.9. The minimum absolute atomic E-state index is 0.0122. The van der Waals surface area contributed by atoms with Gasteiger partial charge in [0.2, 0.25) is 5.91 Å². The largest absolute Gasteiger partial charge is 0.494 e. The maximum absolute atomic E-state index is 16.2. The van der Waals surface area contributed by atoms with Gasteiger partial charge < -0.3 is 25.6 Å². The molecule has 2 atom stereocenters. The van der Waals surface area contributed by atoms with Gasteiger partial charge in [0.05, 0.1) is 35.1 Å². The van der Waals surface area contributed by atoms with E-state index in [9.17, 15) is 19.1 Å². The fraction of sp³-hybridized carbons (Fsp3) is 0.312. The molecule has 1 saturated carbocycles. The second kappa shape index (κ2) is 10.8. The van der Waals surface area contributed by atoms with E-state index < -0.39 is 40.9 Å². The molecule has 1 fully saturated rings. The summed E-state index contributed by atoms with van der Waals surface area (Å²) in [5, 5.41) is 15.6. The fourth-order valence-electron chi connectivity index (χ4n) is 5.58. The molecule has 1 aliphatic carbocycles. The van der Waals surface area contributed by atoms with E-state index in [1.807, 2.05) is 0 Å². The number of fused-ring (bicyclic) bond motifs is 2. The number of aliphatic hydroxyl groups is 1. The number of rotatable bonds is 8. The number of carbonyl (C=O) groups excluding carboxylic acids is 2. The van der Waals surface area contributed by atoms with Gasteiger partial charge >= 0.3 is 0 Å². The van der Waals surface area contributed by atoms with E-state index in [1.165, 1.54) is 25.3 Å². The molecule has 4 N–H and O–H groups in total. The average Bonchev–Trinajstić information content (AvgIpc) is 3.67. The van der Waals surface area contributed by atoms with Crippen molar-refractivity contribution in [3.8, 4) is 22.8 Å². The Morgan fingerprint density at radius 3 is 2.53 bits per heavy atom. The normalized spacial score (nSPS) is 19.4. The molecule has 4 aromatic rings. The summed E-state index contributed by atoms with van der Waals surface area (Å²) < 4.78 is 41.4. The number of methoxy groups -OCH3 is 1. The minimum atomic E-state index is -2.36. The number of nitrogens with zero attached hydrogens (tertiary/aromatic N) is 2. The number of hydrogen-bond donors (Lipinski definition) is 3. The SMILES string of the molecule is COc1cc(C(=O)NCC(O)(c2cc3c(c(-c4ccc(F)cc4Cl)n2)OC[C@]3(C)C(N)=O)C2(F)CC2)cc2cc(Cl)c(C)nc12. The van der Waals surface area contributed by atoms with Gasteiger partial charge in [-0.25, -0.2) is 18.7 Å². The predicted octanol–water partition coefficient (Wildman–Crippen LogP) is 5.31. The topological polar surface area (TPSA) is 137 Å². The summed E-state index contributed by atoms with van der Waals surface area (Å²) in [6.45, 7) is 2.56. The Hall–Kier alpha value is -4.06. The Morgan fingerprint density at radius 1 is 1.16 bits per heavy atom. The van der Waals surface area contributed by atoms with Crippen LogP contribution in [0.2, 0.25) is 10.0 Å². The number of amides is 2. The number of nitrogens with one attached hydrogen (secondary N) is 1. The van der Waals surface area contributed by atoms with Crippen molar-refractivity contribution in [3.05, 3.63) is 80.8 Å². The molecule has 3 heterocycles. The van der Waals surface area contributed by atoms with Crippen molar-refractivity contribution in [2.45, 2.75) is 43.4 Å². The quantitative estimate of drug-likeness (QED) is 0.234. The molecule has 2 aliphatic rings. The highest BCUT2D eigenvalue weighted by atomic mass is 35.5. The number of aromatic nitrogens is 2. The minimum Gasteiger partial charge on any atom is -0.494 e. The van der Waals surface area contributed by atoms with Crippen LogP contribution >= 0.6 is 23.2 Å². The molecular weight excluding hydrogens is 629 g/mol. The van der Waals surface area contributed by atoms with Crippen molar-refractivity contribution in [3.63, 3.8) is 0 Å². The van der Waals surface area contributed by atoms with Crippen molar-refractivity contribution < 1.29 is 33.0 Å². The maximum Gasteiger partial charge on any atom is 0.251 e. The first-order valence-electron chi connectivity index (χ1n) is 14.0. The first-order valence-corrected chi connectivity index (χ1v) is 14.7. The van der Waals surface area contributed by atoms with E-state index in [4.69, 9.17) is 38.4 Å². The number of benzene rings is 2. The highest BCUT2D eigenvalue weighted by molar-refractivity contribution is 6.33. The summed E-state index contributed by atoms with van der Waals surface area (Å²) >= 11 is 12.6. The Morgan fingerprint density at radius 2 is 1.89 bits per heavy atom. The monoisotopic (exact) mass is 656 g/mol. The Labute approximate surface area is 266 Å². The van der Waals surface area contributed by atoms with Crippen LogP contribution < -0.4 is 20.5 Å². The zero-order chi connectivity index (χ0) is 32.5. The van der Waals surface area contributed by atoms with Gasteiger partial charge in [0, 0.05) is 22.1 Å². The van der Waals surface area contributed by atoms with Gasteiger partial charge in [-0.15, -0.1) is 0 Å². The van der Waals surface area contributed by atoms with Crippen LogP contribution in [0.1, 0.15) is 47.1 Å². The fourth-order valence-corrected chi connectivity index (χ4v) is 6.00. The van der Waals surface area contributed by atoms with Crippen LogP contribution in [0.3, 0.4) is 0 Å². The van der Waals surface area contributed by atoms with Crippen LogP contribution in [0.15, 0.2) is 42.5 Å². The van der Waals surface area contributed by atoms with E-state index >= 15 is 4.39 Å². The molecule has 0 spiro atoms. The molecule has 2 aromatic carbocycles. The second-order valence-corrected chi connectivity index (χ2v) is 12.5. The lowest BCUT2D eigenvalue weighted by Gasteiger charge is -2.33. The lowest BCUT2D eigenvalue weighted by molar-refractivity contribution is -0.123. The van der Waals surface area contributed by atoms with Crippen molar-refractivity contribution in [2.24, 2.45) is 5.73 Å². The Kier molecular flexibility index (Phi) is 7.42. The lowest BCUT2D eigenvalue weighted by Crippen LogP contribution is -2.49. The number of pyridine rings is 2. The molecule has 1 aliphatic heterocycles. The van der Waals surface area contributed by atoms with Crippen molar-refractivity contribution >= 4 is 45.9 Å². The average molecular weight is 658 g/mol. The van der Waals surface area contributed by atoms with Crippen LogP contribution in [-0.4, -0.2) is 52.8 Å². The summed E-state index contributed by atoms with van der Waals surface area (Å²) in [4.78, 5) is 35.1. The number of hydrogen-bond acceptors (Lipinski definition) is 7. The Bertz CT molecular complexity index is 1920. The van der Waals surface area contributed by atoms with E-state index in [0.717, 1.165) is 12.1 Å². The molecule has 45 heavy (non-hydrogen) atoms. The molecule has 2 aromatic heterocycles. The van der Waals surface area contributed by atoms with E-state index in [0.29, 0.717) is 27.4 Å². The number of ether oxygens (including phenoxy) is 2.